The van der Waals surface area contributed by atoms with Gasteiger partial charge in [-0.2, -0.15) is 0 Å². The molecule has 1 amide bonds. The van der Waals surface area contributed by atoms with Gasteiger partial charge in [-0.15, -0.1) is 0 Å². The van der Waals surface area contributed by atoms with Gasteiger partial charge in [0.1, 0.15) is 12.6 Å². The molecule has 0 saturated carbocycles. The molecule has 1 N–H and O–H groups in total. The fourth-order valence-corrected chi connectivity index (χ4v) is 4.14. The summed E-state index contributed by atoms with van der Waals surface area (Å²) in [7, 11) is -1.72. The Morgan fingerprint density at radius 2 is 1.64 bits per heavy atom. The van der Waals surface area contributed by atoms with Gasteiger partial charge >= 0.3 is 6.09 Å². The minimum Gasteiger partial charge on any atom is -0.445 e. The molecule has 146 valence electrons. The number of fused-ring (bicyclic) bond motifs is 1. The predicted molar refractivity (Wildman–Crippen MR) is 105 cm³/mol. The van der Waals surface area contributed by atoms with E-state index in [-0.39, 0.29) is 6.61 Å². The first-order valence-electron chi connectivity index (χ1n) is 8.66. The van der Waals surface area contributed by atoms with Crippen molar-refractivity contribution in [2.45, 2.75) is 24.0 Å². The molecule has 0 aliphatic rings. The standard InChI is InChI=1S/C21H19F2NO3S/c22-20(23)18(24-21(25)27-13-15-7-2-1-3-8-15)14-28(26)19-12-6-10-16-9-4-5-11-17(16)19/h1-12,18,20H,13-14H2,(H,24,25)/t18-,28?/m1/s1. The summed E-state index contributed by atoms with van der Waals surface area (Å²) in [5.41, 5.74) is 0.741. The first kappa shape index (κ1) is 19.9. The van der Waals surface area contributed by atoms with Gasteiger partial charge in [-0.05, 0) is 22.4 Å². The quantitative estimate of drug-likeness (QED) is 0.632. The maximum Gasteiger partial charge on any atom is 0.407 e. The molecule has 3 aromatic rings. The number of benzene rings is 3. The van der Waals surface area contributed by atoms with E-state index in [0.717, 1.165) is 16.3 Å². The number of alkyl halides is 2. The summed E-state index contributed by atoms with van der Waals surface area (Å²) >= 11 is 0. The molecule has 4 nitrogen and oxygen atoms in total. The second-order valence-corrected chi connectivity index (χ2v) is 7.60. The van der Waals surface area contributed by atoms with E-state index in [1.807, 2.05) is 24.3 Å². The molecule has 0 aliphatic carbocycles. The molecule has 7 heteroatoms. The Morgan fingerprint density at radius 1 is 0.964 bits per heavy atom. The highest BCUT2D eigenvalue weighted by Crippen LogP contribution is 2.22. The fraction of sp³-hybridized carbons (Fsp3) is 0.190. The Morgan fingerprint density at radius 3 is 2.39 bits per heavy atom. The van der Waals surface area contributed by atoms with Crippen LogP contribution in [-0.4, -0.2) is 28.5 Å². The molecule has 0 saturated heterocycles. The van der Waals surface area contributed by atoms with E-state index in [0.29, 0.717) is 4.90 Å². The SMILES string of the molecule is O=C(N[C@H](CS(=O)c1cccc2ccccc12)C(F)F)OCc1ccccc1. The van der Waals surface area contributed by atoms with Crippen LogP contribution in [0.2, 0.25) is 0 Å². The first-order valence-corrected chi connectivity index (χ1v) is 9.98. The maximum atomic E-state index is 13.4. The normalized spacial score (nSPS) is 13.2. The number of hydrogen-bond donors (Lipinski definition) is 1. The van der Waals surface area contributed by atoms with Crippen LogP contribution in [0.3, 0.4) is 0 Å². The van der Waals surface area contributed by atoms with Crippen molar-refractivity contribution in [3.63, 3.8) is 0 Å². The van der Waals surface area contributed by atoms with E-state index < -0.39 is 35.1 Å². The van der Waals surface area contributed by atoms with Crippen LogP contribution in [0.4, 0.5) is 13.6 Å². The molecule has 0 heterocycles. The number of hydrogen-bond acceptors (Lipinski definition) is 3. The molecule has 0 bridgehead atoms. The van der Waals surface area contributed by atoms with Crippen LogP contribution < -0.4 is 5.32 Å². The third-order valence-corrected chi connectivity index (χ3v) is 5.65. The van der Waals surface area contributed by atoms with Crippen molar-refractivity contribution in [3.8, 4) is 0 Å². The summed E-state index contributed by atoms with van der Waals surface area (Å²) in [5, 5.41) is 3.74. The number of halogens is 2. The van der Waals surface area contributed by atoms with Crippen molar-refractivity contribution >= 4 is 27.7 Å². The van der Waals surface area contributed by atoms with E-state index in [1.165, 1.54) is 0 Å². The van der Waals surface area contributed by atoms with E-state index in [1.54, 1.807) is 48.5 Å². The zero-order valence-corrected chi connectivity index (χ0v) is 15.7. The number of rotatable bonds is 7. The Bertz CT molecular complexity index is 961. The number of alkyl carbamates (subject to hydrolysis) is 1. The van der Waals surface area contributed by atoms with Crippen molar-refractivity contribution in [1.29, 1.82) is 0 Å². The molecule has 3 aromatic carbocycles. The van der Waals surface area contributed by atoms with Crippen LogP contribution in [-0.2, 0) is 22.1 Å². The molecule has 0 aromatic heterocycles. The summed E-state index contributed by atoms with van der Waals surface area (Å²) in [6.45, 7) is -0.0327. The summed E-state index contributed by atoms with van der Waals surface area (Å²) in [5.74, 6) is -0.411. The molecule has 0 aliphatic heterocycles. The lowest BCUT2D eigenvalue weighted by Gasteiger charge is -2.18. The molecular formula is C21H19F2NO3S. The second kappa shape index (κ2) is 9.41. The first-order chi connectivity index (χ1) is 13.5. The average Bonchev–Trinajstić information content (AvgIpc) is 2.72. The summed E-state index contributed by atoms with van der Waals surface area (Å²) < 4.78 is 44.5. The summed E-state index contributed by atoms with van der Waals surface area (Å²) in [6, 6.07) is 19.9. The van der Waals surface area contributed by atoms with E-state index in [2.05, 4.69) is 5.32 Å². The van der Waals surface area contributed by atoms with Gasteiger partial charge in [0.15, 0.2) is 0 Å². The topological polar surface area (TPSA) is 55.4 Å². The number of carbonyl (C=O) groups excluding carboxylic acids is 1. The third-order valence-electron chi connectivity index (χ3n) is 4.15. The highest BCUT2D eigenvalue weighted by Gasteiger charge is 2.26. The van der Waals surface area contributed by atoms with Crippen molar-refractivity contribution in [1.82, 2.24) is 5.32 Å². The molecule has 0 spiro atoms. The van der Waals surface area contributed by atoms with Gasteiger partial charge < -0.3 is 10.1 Å². The van der Waals surface area contributed by atoms with Crippen LogP contribution in [0.1, 0.15) is 5.56 Å². The van der Waals surface area contributed by atoms with E-state index >= 15 is 0 Å². The number of ether oxygens (including phenoxy) is 1. The largest absolute Gasteiger partial charge is 0.445 e. The van der Waals surface area contributed by atoms with Crippen molar-refractivity contribution in [3.05, 3.63) is 78.4 Å². The van der Waals surface area contributed by atoms with Crippen LogP contribution in [0.25, 0.3) is 10.8 Å². The van der Waals surface area contributed by atoms with Crippen LogP contribution >= 0.6 is 0 Å². The average molecular weight is 403 g/mol. The van der Waals surface area contributed by atoms with Gasteiger partial charge in [0.25, 0.3) is 6.43 Å². The van der Waals surface area contributed by atoms with Crippen molar-refractivity contribution in [2.24, 2.45) is 0 Å². The third kappa shape index (κ3) is 5.13. The molecule has 2 atom stereocenters. The maximum absolute atomic E-state index is 13.4. The van der Waals surface area contributed by atoms with Gasteiger partial charge in [-0.1, -0.05) is 66.7 Å². The van der Waals surface area contributed by atoms with Gasteiger partial charge in [0.05, 0.1) is 16.6 Å². The monoisotopic (exact) mass is 403 g/mol. The van der Waals surface area contributed by atoms with E-state index in [4.69, 9.17) is 4.74 Å². The van der Waals surface area contributed by atoms with Gasteiger partial charge in [-0.25, -0.2) is 13.6 Å². The van der Waals surface area contributed by atoms with Crippen LogP contribution in [0.5, 0.6) is 0 Å². The molecule has 0 radical (unpaired) electrons. The lowest BCUT2D eigenvalue weighted by Crippen LogP contribution is -2.43. The number of nitrogens with one attached hydrogen (secondary N) is 1. The smallest absolute Gasteiger partial charge is 0.407 e. The highest BCUT2D eigenvalue weighted by molar-refractivity contribution is 7.85. The van der Waals surface area contributed by atoms with Crippen molar-refractivity contribution in [2.75, 3.05) is 5.75 Å². The summed E-state index contributed by atoms with van der Waals surface area (Å²) in [4.78, 5) is 12.4. The zero-order valence-electron chi connectivity index (χ0n) is 14.9. The van der Waals surface area contributed by atoms with Crippen LogP contribution in [0.15, 0.2) is 77.7 Å². The Hall–Kier alpha value is -2.80. The van der Waals surface area contributed by atoms with E-state index in [9.17, 15) is 17.8 Å². The molecular weight excluding hydrogens is 384 g/mol. The van der Waals surface area contributed by atoms with Crippen LogP contribution in [0, 0.1) is 0 Å². The fourth-order valence-electron chi connectivity index (χ4n) is 2.74. The minimum atomic E-state index is -2.87. The Kier molecular flexibility index (Phi) is 6.71. The molecule has 3 rings (SSSR count). The lowest BCUT2D eigenvalue weighted by atomic mass is 10.1. The summed E-state index contributed by atoms with van der Waals surface area (Å²) in [6.07, 6.45) is -3.84. The number of carbonyl (C=O) groups is 1. The molecule has 28 heavy (non-hydrogen) atoms. The number of amides is 1. The molecule has 1 unspecified atom stereocenters. The highest BCUT2D eigenvalue weighted by atomic mass is 32.2. The predicted octanol–water partition coefficient (Wildman–Crippen LogP) is 4.51. The minimum absolute atomic E-state index is 0.0327. The second-order valence-electron chi connectivity index (χ2n) is 6.14. The Labute approximate surface area is 164 Å². The lowest BCUT2D eigenvalue weighted by molar-refractivity contribution is 0.0902. The van der Waals surface area contributed by atoms with Gasteiger partial charge in [0.2, 0.25) is 0 Å². The van der Waals surface area contributed by atoms with Gasteiger partial charge in [0, 0.05) is 4.90 Å². The van der Waals surface area contributed by atoms with Gasteiger partial charge in [-0.3, -0.25) is 4.21 Å². The Balaban J connectivity index is 1.65. The molecule has 0 fully saturated rings. The zero-order chi connectivity index (χ0) is 19.9. The van der Waals surface area contributed by atoms with Crippen molar-refractivity contribution < 1.29 is 22.5 Å².